The second kappa shape index (κ2) is 11.3. The summed E-state index contributed by atoms with van der Waals surface area (Å²) in [6.07, 6.45) is 1.75. The average molecular weight is 473 g/mol. The van der Waals surface area contributed by atoms with E-state index in [1.54, 1.807) is 35.4 Å². The number of amides is 2. The van der Waals surface area contributed by atoms with Crippen LogP contribution in [0.5, 0.6) is 0 Å². The molecule has 34 heavy (non-hydrogen) atoms. The van der Waals surface area contributed by atoms with Gasteiger partial charge in [0.1, 0.15) is 11.8 Å². The number of carbonyl (C=O) groups is 2. The van der Waals surface area contributed by atoms with Crippen molar-refractivity contribution < 1.29 is 14.0 Å². The van der Waals surface area contributed by atoms with Gasteiger partial charge in [0.25, 0.3) is 0 Å². The lowest BCUT2D eigenvalue weighted by Gasteiger charge is -2.31. The molecule has 1 atom stereocenters. The molecule has 0 saturated heterocycles. The van der Waals surface area contributed by atoms with Crippen molar-refractivity contribution >= 4 is 23.4 Å². The summed E-state index contributed by atoms with van der Waals surface area (Å²) in [5.41, 5.74) is 2.50. The Kier molecular flexibility index (Phi) is 7.79. The van der Waals surface area contributed by atoms with Gasteiger partial charge in [0.05, 0.1) is 19.2 Å². The van der Waals surface area contributed by atoms with Crippen LogP contribution >= 0.6 is 11.6 Å². The first kappa shape index (κ1) is 23.3. The first-order valence-corrected chi connectivity index (χ1v) is 11.4. The van der Waals surface area contributed by atoms with Crippen LogP contribution in [0.15, 0.2) is 108 Å². The maximum atomic E-state index is 13.6. The van der Waals surface area contributed by atoms with Crippen molar-refractivity contribution in [3.63, 3.8) is 0 Å². The predicted molar refractivity (Wildman–Crippen MR) is 132 cm³/mol. The van der Waals surface area contributed by atoms with Crippen LogP contribution in [0, 0.1) is 0 Å². The van der Waals surface area contributed by atoms with E-state index in [9.17, 15) is 9.59 Å². The molecule has 0 radical (unpaired) electrons. The highest BCUT2D eigenvalue weighted by atomic mass is 35.5. The van der Waals surface area contributed by atoms with Crippen LogP contribution < -0.4 is 5.32 Å². The molecule has 6 heteroatoms. The first-order chi connectivity index (χ1) is 16.6. The van der Waals surface area contributed by atoms with Gasteiger partial charge in [-0.25, -0.2) is 0 Å². The lowest BCUT2D eigenvalue weighted by atomic mass is 10.0. The summed E-state index contributed by atoms with van der Waals surface area (Å²) in [7, 11) is 0. The molecule has 4 rings (SSSR count). The van der Waals surface area contributed by atoms with Gasteiger partial charge in [-0.3, -0.25) is 9.59 Å². The van der Waals surface area contributed by atoms with Gasteiger partial charge in [0.15, 0.2) is 0 Å². The molecule has 3 aromatic carbocycles. The number of benzene rings is 3. The molecule has 1 heterocycles. The van der Waals surface area contributed by atoms with Crippen LogP contribution in [-0.2, 0) is 29.1 Å². The number of nitrogens with one attached hydrogen (secondary N) is 1. The van der Waals surface area contributed by atoms with Gasteiger partial charge in [0.2, 0.25) is 11.8 Å². The van der Waals surface area contributed by atoms with E-state index >= 15 is 0 Å². The highest BCUT2D eigenvalue weighted by molar-refractivity contribution is 6.30. The standard InChI is InChI=1S/C28H25ClN2O3/c29-24-15-13-22(14-16-24)20-31(26(32)18-21-8-3-1-4-9-21)27(23-10-5-2-6-11-23)28(33)30-19-25-12-7-17-34-25/h1-17,27H,18-20H2,(H,30,33)/t27-/m1/s1. The van der Waals surface area contributed by atoms with Gasteiger partial charge in [-0.05, 0) is 41.0 Å². The molecule has 4 aromatic rings. The van der Waals surface area contributed by atoms with Gasteiger partial charge < -0.3 is 14.6 Å². The molecule has 0 aliphatic rings. The van der Waals surface area contributed by atoms with E-state index in [-0.39, 0.29) is 31.3 Å². The van der Waals surface area contributed by atoms with Crippen molar-refractivity contribution in [3.8, 4) is 0 Å². The second-order valence-corrected chi connectivity index (χ2v) is 8.36. The molecule has 0 bridgehead atoms. The molecule has 0 saturated carbocycles. The first-order valence-electron chi connectivity index (χ1n) is 11.0. The molecule has 0 fully saturated rings. The summed E-state index contributed by atoms with van der Waals surface area (Å²) in [4.78, 5) is 28.8. The maximum absolute atomic E-state index is 13.6. The summed E-state index contributed by atoms with van der Waals surface area (Å²) in [6.45, 7) is 0.493. The van der Waals surface area contributed by atoms with Crippen molar-refractivity contribution in [2.75, 3.05) is 0 Å². The number of hydrogen-bond donors (Lipinski definition) is 1. The Balaban J connectivity index is 1.67. The van der Waals surface area contributed by atoms with Crippen LogP contribution in [-0.4, -0.2) is 16.7 Å². The molecular weight excluding hydrogens is 448 g/mol. The molecule has 172 valence electrons. The zero-order chi connectivity index (χ0) is 23.8. The van der Waals surface area contributed by atoms with E-state index in [0.29, 0.717) is 10.8 Å². The van der Waals surface area contributed by atoms with Crippen molar-refractivity contribution in [1.29, 1.82) is 0 Å². The minimum Gasteiger partial charge on any atom is -0.467 e. The highest BCUT2D eigenvalue weighted by Gasteiger charge is 2.31. The summed E-state index contributed by atoms with van der Waals surface area (Å²) in [6, 6.07) is 28.9. The normalized spacial score (nSPS) is 11.6. The molecular formula is C28H25ClN2O3. The van der Waals surface area contributed by atoms with Crippen LogP contribution in [0.2, 0.25) is 5.02 Å². The van der Waals surface area contributed by atoms with Crippen LogP contribution in [0.4, 0.5) is 0 Å². The van der Waals surface area contributed by atoms with Gasteiger partial charge in [-0.2, -0.15) is 0 Å². The lowest BCUT2D eigenvalue weighted by molar-refractivity contribution is -0.141. The largest absolute Gasteiger partial charge is 0.467 e. The fourth-order valence-corrected chi connectivity index (χ4v) is 3.90. The number of furan rings is 1. The van der Waals surface area contributed by atoms with Crippen LogP contribution in [0.3, 0.4) is 0 Å². The maximum Gasteiger partial charge on any atom is 0.247 e. The average Bonchev–Trinajstić information content (AvgIpc) is 3.39. The number of rotatable bonds is 9. The Morgan fingerprint density at radius 1 is 0.824 bits per heavy atom. The number of halogens is 1. The van der Waals surface area contributed by atoms with E-state index < -0.39 is 6.04 Å². The Morgan fingerprint density at radius 3 is 2.15 bits per heavy atom. The number of nitrogens with zero attached hydrogens (tertiary/aromatic N) is 1. The quantitative estimate of drug-likeness (QED) is 0.347. The van der Waals surface area contributed by atoms with Crippen molar-refractivity contribution in [2.45, 2.75) is 25.6 Å². The number of carbonyl (C=O) groups excluding carboxylic acids is 2. The molecule has 5 nitrogen and oxygen atoms in total. The zero-order valence-corrected chi connectivity index (χ0v) is 19.3. The van der Waals surface area contributed by atoms with Gasteiger partial charge in [0, 0.05) is 11.6 Å². The third kappa shape index (κ3) is 6.15. The summed E-state index contributed by atoms with van der Waals surface area (Å²) in [5, 5.41) is 3.54. The smallest absolute Gasteiger partial charge is 0.247 e. The predicted octanol–water partition coefficient (Wildman–Crippen LogP) is 5.56. The molecule has 0 unspecified atom stereocenters. The second-order valence-electron chi connectivity index (χ2n) is 7.92. The summed E-state index contributed by atoms with van der Waals surface area (Å²) in [5.74, 6) is 0.209. The summed E-state index contributed by atoms with van der Waals surface area (Å²) >= 11 is 6.06. The molecule has 1 aromatic heterocycles. The topological polar surface area (TPSA) is 62.6 Å². The van der Waals surface area contributed by atoms with Crippen molar-refractivity contribution in [1.82, 2.24) is 10.2 Å². The minimum absolute atomic E-state index is 0.150. The Bertz CT molecular complexity index is 1190. The molecule has 2 amide bonds. The molecule has 1 N–H and O–H groups in total. The van der Waals surface area contributed by atoms with E-state index in [1.807, 2.05) is 72.8 Å². The monoisotopic (exact) mass is 472 g/mol. The minimum atomic E-state index is -0.817. The third-order valence-corrected chi connectivity index (χ3v) is 5.73. The van der Waals surface area contributed by atoms with E-state index in [0.717, 1.165) is 16.7 Å². The van der Waals surface area contributed by atoms with Crippen molar-refractivity contribution in [3.05, 3.63) is 131 Å². The fourth-order valence-electron chi connectivity index (χ4n) is 3.77. The Hall–Kier alpha value is -3.83. The number of hydrogen-bond acceptors (Lipinski definition) is 3. The highest BCUT2D eigenvalue weighted by Crippen LogP contribution is 2.25. The van der Waals surface area contributed by atoms with Gasteiger partial charge >= 0.3 is 0 Å². The third-order valence-electron chi connectivity index (χ3n) is 5.48. The van der Waals surface area contributed by atoms with E-state index in [2.05, 4.69) is 5.32 Å². The van der Waals surface area contributed by atoms with E-state index in [4.69, 9.17) is 16.0 Å². The van der Waals surface area contributed by atoms with E-state index in [1.165, 1.54) is 0 Å². The Morgan fingerprint density at radius 2 is 1.50 bits per heavy atom. The van der Waals surface area contributed by atoms with Crippen LogP contribution in [0.25, 0.3) is 0 Å². The molecule has 0 aliphatic heterocycles. The zero-order valence-electron chi connectivity index (χ0n) is 18.6. The molecule has 0 spiro atoms. The molecule has 0 aliphatic carbocycles. The fraction of sp³-hybridized carbons (Fsp3) is 0.143. The van der Waals surface area contributed by atoms with Gasteiger partial charge in [-0.1, -0.05) is 84.4 Å². The van der Waals surface area contributed by atoms with Crippen LogP contribution in [0.1, 0.15) is 28.5 Å². The lowest BCUT2D eigenvalue weighted by Crippen LogP contribution is -2.43. The Labute approximate surface area is 204 Å². The summed E-state index contributed by atoms with van der Waals surface area (Å²) < 4.78 is 5.36. The van der Waals surface area contributed by atoms with Gasteiger partial charge in [-0.15, -0.1) is 0 Å². The SMILES string of the molecule is O=C(NCc1ccco1)[C@@H](c1ccccc1)N(Cc1ccc(Cl)cc1)C(=O)Cc1ccccc1. The van der Waals surface area contributed by atoms with Crippen molar-refractivity contribution in [2.24, 2.45) is 0 Å².